The Balaban J connectivity index is 2.49. The standard InChI is InChI=1S/C13H14N2O/c14-13(9-16)12-4-2-1-3-11(12)10-5-7-15-8-6-10/h1-8,13,16H,9,14H2/t13-/m0/s1. The molecule has 2 aromatic rings. The fourth-order valence-corrected chi connectivity index (χ4v) is 1.71. The zero-order valence-electron chi connectivity index (χ0n) is 8.88. The third-order valence-corrected chi connectivity index (χ3v) is 2.55. The van der Waals surface area contributed by atoms with Crippen LogP contribution in [-0.2, 0) is 0 Å². The molecule has 1 atom stereocenters. The molecule has 0 saturated carbocycles. The molecule has 0 fully saturated rings. The molecular formula is C13H14N2O. The number of aromatic nitrogens is 1. The lowest BCUT2D eigenvalue weighted by Gasteiger charge is -2.14. The fraction of sp³-hybridized carbons (Fsp3) is 0.154. The lowest BCUT2D eigenvalue weighted by Crippen LogP contribution is -2.15. The predicted molar refractivity (Wildman–Crippen MR) is 63.7 cm³/mol. The lowest BCUT2D eigenvalue weighted by atomic mass is 9.96. The van der Waals surface area contributed by atoms with Crippen molar-refractivity contribution in [2.75, 3.05) is 6.61 Å². The molecule has 0 amide bonds. The van der Waals surface area contributed by atoms with Crippen LogP contribution in [0.5, 0.6) is 0 Å². The molecule has 0 aliphatic heterocycles. The number of benzene rings is 1. The molecule has 0 radical (unpaired) electrons. The molecule has 0 unspecified atom stereocenters. The van der Waals surface area contributed by atoms with E-state index in [9.17, 15) is 0 Å². The third-order valence-electron chi connectivity index (χ3n) is 2.55. The summed E-state index contributed by atoms with van der Waals surface area (Å²) >= 11 is 0. The summed E-state index contributed by atoms with van der Waals surface area (Å²) in [6, 6.07) is 11.4. The summed E-state index contributed by atoms with van der Waals surface area (Å²) in [4.78, 5) is 3.98. The first kappa shape index (κ1) is 10.8. The van der Waals surface area contributed by atoms with E-state index in [4.69, 9.17) is 10.8 Å². The molecule has 1 aromatic heterocycles. The first-order valence-corrected chi connectivity index (χ1v) is 5.18. The van der Waals surface area contributed by atoms with E-state index in [0.717, 1.165) is 16.7 Å². The first-order chi connectivity index (χ1) is 7.83. The predicted octanol–water partition coefficient (Wildman–Crippen LogP) is 1.74. The van der Waals surface area contributed by atoms with Crippen LogP contribution in [0.2, 0.25) is 0 Å². The van der Waals surface area contributed by atoms with E-state index >= 15 is 0 Å². The van der Waals surface area contributed by atoms with E-state index in [1.807, 2.05) is 36.4 Å². The highest BCUT2D eigenvalue weighted by atomic mass is 16.3. The smallest absolute Gasteiger partial charge is 0.0624 e. The normalized spacial score (nSPS) is 12.4. The van der Waals surface area contributed by atoms with Crippen LogP contribution in [0, 0.1) is 0 Å². The van der Waals surface area contributed by atoms with Gasteiger partial charge in [-0.05, 0) is 28.8 Å². The zero-order valence-corrected chi connectivity index (χ0v) is 8.88. The van der Waals surface area contributed by atoms with Gasteiger partial charge in [0.15, 0.2) is 0 Å². The molecule has 3 heteroatoms. The van der Waals surface area contributed by atoms with Crippen LogP contribution in [-0.4, -0.2) is 16.7 Å². The van der Waals surface area contributed by atoms with Gasteiger partial charge in [-0.15, -0.1) is 0 Å². The molecule has 0 bridgehead atoms. The summed E-state index contributed by atoms with van der Waals surface area (Å²) in [5.41, 5.74) is 8.93. The molecule has 0 saturated heterocycles. The Morgan fingerprint density at radius 3 is 2.50 bits per heavy atom. The topological polar surface area (TPSA) is 59.1 Å². The minimum atomic E-state index is -0.343. The Labute approximate surface area is 94.6 Å². The van der Waals surface area contributed by atoms with E-state index in [1.165, 1.54) is 0 Å². The van der Waals surface area contributed by atoms with Crippen LogP contribution in [0.4, 0.5) is 0 Å². The van der Waals surface area contributed by atoms with Crippen molar-refractivity contribution in [2.24, 2.45) is 5.73 Å². The number of nitrogens with two attached hydrogens (primary N) is 1. The van der Waals surface area contributed by atoms with Gasteiger partial charge in [-0.2, -0.15) is 0 Å². The lowest BCUT2D eigenvalue weighted by molar-refractivity contribution is 0.268. The maximum absolute atomic E-state index is 9.12. The molecule has 3 N–H and O–H groups in total. The van der Waals surface area contributed by atoms with Crippen LogP contribution in [0.15, 0.2) is 48.8 Å². The third kappa shape index (κ3) is 2.10. The minimum Gasteiger partial charge on any atom is -0.394 e. The second kappa shape index (κ2) is 4.88. The Kier molecular flexibility index (Phi) is 3.29. The van der Waals surface area contributed by atoms with Crippen LogP contribution >= 0.6 is 0 Å². The second-order valence-electron chi connectivity index (χ2n) is 3.61. The molecule has 0 aliphatic rings. The van der Waals surface area contributed by atoms with E-state index in [0.29, 0.717) is 0 Å². The Morgan fingerprint density at radius 2 is 1.81 bits per heavy atom. The Hall–Kier alpha value is -1.71. The number of aliphatic hydroxyl groups is 1. The van der Waals surface area contributed by atoms with E-state index in [1.54, 1.807) is 12.4 Å². The Morgan fingerprint density at radius 1 is 1.12 bits per heavy atom. The SMILES string of the molecule is N[C@@H](CO)c1ccccc1-c1ccncc1. The number of hydrogen-bond donors (Lipinski definition) is 2. The number of nitrogens with zero attached hydrogens (tertiary/aromatic N) is 1. The summed E-state index contributed by atoms with van der Waals surface area (Å²) in [5.74, 6) is 0. The average Bonchev–Trinajstić information content (AvgIpc) is 2.39. The van der Waals surface area contributed by atoms with Gasteiger partial charge in [0.05, 0.1) is 12.6 Å². The number of pyridine rings is 1. The first-order valence-electron chi connectivity index (χ1n) is 5.18. The van der Waals surface area contributed by atoms with Crippen molar-refractivity contribution in [3.05, 3.63) is 54.4 Å². The second-order valence-corrected chi connectivity index (χ2v) is 3.61. The molecule has 2 rings (SSSR count). The van der Waals surface area contributed by atoms with Gasteiger partial charge in [-0.1, -0.05) is 24.3 Å². The molecule has 1 aromatic carbocycles. The average molecular weight is 214 g/mol. The van der Waals surface area contributed by atoms with E-state index in [-0.39, 0.29) is 12.6 Å². The molecule has 0 aliphatic carbocycles. The molecule has 0 spiro atoms. The quantitative estimate of drug-likeness (QED) is 0.818. The van der Waals surface area contributed by atoms with Crippen molar-refractivity contribution in [1.82, 2.24) is 4.98 Å². The van der Waals surface area contributed by atoms with Gasteiger partial charge < -0.3 is 10.8 Å². The van der Waals surface area contributed by atoms with Crippen molar-refractivity contribution in [2.45, 2.75) is 6.04 Å². The number of hydrogen-bond acceptors (Lipinski definition) is 3. The van der Waals surface area contributed by atoms with Gasteiger partial charge in [0, 0.05) is 12.4 Å². The van der Waals surface area contributed by atoms with Gasteiger partial charge in [0.25, 0.3) is 0 Å². The largest absolute Gasteiger partial charge is 0.394 e. The summed E-state index contributed by atoms with van der Waals surface area (Å²) in [7, 11) is 0. The Bertz CT molecular complexity index is 456. The van der Waals surface area contributed by atoms with Crippen molar-refractivity contribution in [3.8, 4) is 11.1 Å². The summed E-state index contributed by atoms with van der Waals surface area (Å²) in [6.45, 7) is -0.0535. The van der Waals surface area contributed by atoms with Gasteiger partial charge in [-0.3, -0.25) is 4.98 Å². The van der Waals surface area contributed by atoms with Crippen molar-refractivity contribution in [3.63, 3.8) is 0 Å². The van der Waals surface area contributed by atoms with Crippen molar-refractivity contribution in [1.29, 1.82) is 0 Å². The van der Waals surface area contributed by atoms with Gasteiger partial charge in [-0.25, -0.2) is 0 Å². The zero-order chi connectivity index (χ0) is 11.4. The molecule has 1 heterocycles. The van der Waals surface area contributed by atoms with Crippen LogP contribution in [0.3, 0.4) is 0 Å². The highest BCUT2D eigenvalue weighted by Crippen LogP contribution is 2.26. The van der Waals surface area contributed by atoms with E-state index in [2.05, 4.69) is 4.98 Å². The van der Waals surface area contributed by atoms with E-state index < -0.39 is 0 Å². The maximum Gasteiger partial charge on any atom is 0.0624 e. The molecule has 16 heavy (non-hydrogen) atoms. The minimum absolute atomic E-state index is 0.0535. The van der Waals surface area contributed by atoms with Crippen LogP contribution in [0.25, 0.3) is 11.1 Å². The van der Waals surface area contributed by atoms with Crippen LogP contribution < -0.4 is 5.73 Å². The summed E-state index contributed by atoms with van der Waals surface area (Å²) < 4.78 is 0. The van der Waals surface area contributed by atoms with Gasteiger partial charge in [0.2, 0.25) is 0 Å². The highest BCUT2D eigenvalue weighted by Gasteiger charge is 2.10. The van der Waals surface area contributed by atoms with Crippen molar-refractivity contribution < 1.29 is 5.11 Å². The fourth-order valence-electron chi connectivity index (χ4n) is 1.71. The van der Waals surface area contributed by atoms with Gasteiger partial charge >= 0.3 is 0 Å². The monoisotopic (exact) mass is 214 g/mol. The molecule has 3 nitrogen and oxygen atoms in total. The summed E-state index contributed by atoms with van der Waals surface area (Å²) in [5, 5.41) is 9.12. The van der Waals surface area contributed by atoms with Gasteiger partial charge in [0.1, 0.15) is 0 Å². The number of aliphatic hydroxyl groups excluding tert-OH is 1. The number of rotatable bonds is 3. The molecule has 82 valence electrons. The highest BCUT2D eigenvalue weighted by molar-refractivity contribution is 5.67. The van der Waals surface area contributed by atoms with Crippen LogP contribution in [0.1, 0.15) is 11.6 Å². The molecular weight excluding hydrogens is 200 g/mol. The summed E-state index contributed by atoms with van der Waals surface area (Å²) in [6.07, 6.45) is 3.49. The maximum atomic E-state index is 9.12. The van der Waals surface area contributed by atoms with Crippen molar-refractivity contribution >= 4 is 0 Å².